The van der Waals surface area contributed by atoms with Crippen LogP contribution in [0.15, 0.2) is 47.0 Å². The minimum atomic E-state index is -0.581. The van der Waals surface area contributed by atoms with Crippen molar-refractivity contribution >= 4 is 17.6 Å². The van der Waals surface area contributed by atoms with Crippen molar-refractivity contribution in [2.45, 2.75) is 34.3 Å². The molecule has 0 saturated carbocycles. The Labute approximate surface area is 175 Å². The highest BCUT2D eigenvalue weighted by Crippen LogP contribution is 2.18. The Morgan fingerprint density at radius 3 is 2.37 bits per heavy atom. The van der Waals surface area contributed by atoms with E-state index in [4.69, 9.17) is 14.0 Å². The van der Waals surface area contributed by atoms with E-state index in [1.54, 1.807) is 24.3 Å². The zero-order valence-electron chi connectivity index (χ0n) is 17.4. The molecule has 7 nitrogen and oxygen atoms in total. The lowest BCUT2D eigenvalue weighted by Crippen LogP contribution is -2.21. The van der Waals surface area contributed by atoms with Crippen LogP contribution in [-0.4, -0.2) is 23.6 Å². The van der Waals surface area contributed by atoms with Crippen LogP contribution in [0.25, 0.3) is 0 Å². The van der Waals surface area contributed by atoms with E-state index in [1.165, 1.54) is 0 Å². The number of carbonyl (C=O) groups is 2. The number of aryl methyl sites for hydroxylation is 4. The first-order chi connectivity index (χ1) is 14.3. The summed E-state index contributed by atoms with van der Waals surface area (Å²) in [5.41, 5.74) is 4.89. The van der Waals surface area contributed by atoms with E-state index in [0.717, 1.165) is 22.4 Å². The number of benzene rings is 2. The van der Waals surface area contributed by atoms with Crippen LogP contribution in [0.1, 0.15) is 38.5 Å². The monoisotopic (exact) mass is 408 g/mol. The van der Waals surface area contributed by atoms with Gasteiger partial charge in [-0.25, -0.2) is 4.79 Å². The molecule has 7 heteroatoms. The van der Waals surface area contributed by atoms with E-state index in [9.17, 15) is 9.59 Å². The predicted octanol–water partition coefficient (Wildman–Crippen LogP) is 4.28. The average molecular weight is 408 g/mol. The summed E-state index contributed by atoms with van der Waals surface area (Å²) >= 11 is 0. The normalized spacial score (nSPS) is 10.5. The van der Waals surface area contributed by atoms with Gasteiger partial charge in [-0.3, -0.25) is 4.79 Å². The molecule has 0 fully saturated rings. The van der Waals surface area contributed by atoms with Gasteiger partial charge in [0.05, 0.1) is 16.8 Å². The van der Waals surface area contributed by atoms with Crippen molar-refractivity contribution in [2.24, 2.45) is 0 Å². The van der Waals surface area contributed by atoms with E-state index >= 15 is 0 Å². The molecule has 0 saturated heterocycles. The van der Waals surface area contributed by atoms with Crippen molar-refractivity contribution in [3.05, 3.63) is 76.2 Å². The molecule has 1 amide bonds. The second-order valence-electron chi connectivity index (χ2n) is 7.04. The number of hydrogen-bond acceptors (Lipinski definition) is 6. The van der Waals surface area contributed by atoms with E-state index in [0.29, 0.717) is 29.4 Å². The number of hydrogen-bond donors (Lipinski definition) is 1. The van der Waals surface area contributed by atoms with Gasteiger partial charge in [-0.15, -0.1) is 0 Å². The maximum atomic E-state index is 12.2. The molecule has 3 rings (SSSR count). The SMILES string of the molecule is Cc1ccc(NC(=O)COC(=O)c2ccc(OCc3c(C)noc3C)cc2)cc1C. The van der Waals surface area contributed by atoms with Gasteiger partial charge in [0.2, 0.25) is 0 Å². The van der Waals surface area contributed by atoms with Crippen molar-refractivity contribution in [2.75, 3.05) is 11.9 Å². The Bertz CT molecular complexity index is 1030. The quantitative estimate of drug-likeness (QED) is 0.587. The molecule has 2 aromatic carbocycles. The minimum absolute atomic E-state index is 0.323. The van der Waals surface area contributed by atoms with Gasteiger partial charge in [0.1, 0.15) is 18.1 Å². The van der Waals surface area contributed by atoms with Gasteiger partial charge >= 0.3 is 5.97 Å². The minimum Gasteiger partial charge on any atom is -0.489 e. The Kier molecular flexibility index (Phi) is 6.51. The lowest BCUT2D eigenvalue weighted by atomic mass is 10.1. The molecule has 0 aliphatic rings. The highest BCUT2D eigenvalue weighted by Gasteiger charge is 2.12. The molecule has 0 aliphatic carbocycles. The number of nitrogens with zero attached hydrogens (tertiary/aromatic N) is 1. The van der Waals surface area contributed by atoms with E-state index in [1.807, 2.05) is 45.9 Å². The van der Waals surface area contributed by atoms with Gasteiger partial charge in [-0.1, -0.05) is 11.2 Å². The Hall–Kier alpha value is -3.61. The molecule has 0 aliphatic heterocycles. The standard InChI is InChI=1S/C23H24N2O5/c1-14-5-8-19(11-15(14)2)24-22(26)13-29-23(27)18-6-9-20(10-7-18)28-12-21-16(3)25-30-17(21)4/h5-11H,12-13H2,1-4H3,(H,24,26). The molecule has 1 aromatic heterocycles. The zero-order valence-corrected chi connectivity index (χ0v) is 17.4. The van der Waals surface area contributed by atoms with Crippen LogP contribution in [0, 0.1) is 27.7 Å². The largest absolute Gasteiger partial charge is 0.489 e. The maximum Gasteiger partial charge on any atom is 0.338 e. The van der Waals surface area contributed by atoms with E-state index in [-0.39, 0.29) is 6.61 Å². The van der Waals surface area contributed by atoms with Crippen molar-refractivity contribution in [3.8, 4) is 5.75 Å². The maximum absolute atomic E-state index is 12.2. The number of nitrogens with one attached hydrogen (secondary N) is 1. The third kappa shape index (κ3) is 5.26. The highest BCUT2D eigenvalue weighted by atomic mass is 16.5. The molecule has 1 heterocycles. The summed E-state index contributed by atoms with van der Waals surface area (Å²) in [6.07, 6.45) is 0. The molecular formula is C23H24N2O5. The fourth-order valence-electron chi connectivity index (χ4n) is 2.78. The summed E-state index contributed by atoms with van der Waals surface area (Å²) in [4.78, 5) is 24.2. The van der Waals surface area contributed by atoms with E-state index in [2.05, 4.69) is 10.5 Å². The Balaban J connectivity index is 1.49. The van der Waals surface area contributed by atoms with Crippen LogP contribution in [-0.2, 0) is 16.1 Å². The lowest BCUT2D eigenvalue weighted by molar-refractivity contribution is -0.119. The summed E-state index contributed by atoms with van der Waals surface area (Å²) in [6, 6.07) is 12.1. The number of amides is 1. The first-order valence-electron chi connectivity index (χ1n) is 9.52. The van der Waals surface area contributed by atoms with E-state index < -0.39 is 11.9 Å². The van der Waals surface area contributed by atoms with Crippen LogP contribution >= 0.6 is 0 Å². The number of carbonyl (C=O) groups excluding carboxylic acids is 2. The third-order valence-electron chi connectivity index (χ3n) is 4.78. The summed E-state index contributed by atoms with van der Waals surface area (Å²) in [5.74, 6) is 0.333. The summed E-state index contributed by atoms with van der Waals surface area (Å²) in [7, 11) is 0. The van der Waals surface area contributed by atoms with Crippen molar-refractivity contribution < 1.29 is 23.6 Å². The number of ether oxygens (including phenoxy) is 2. The van der Waals surface area contributed by atoms with Crippen LogP contribution in [0.4, 0.5) is 5.69 Å². The van der Waals surface area contributed by atoms with Gasteiger partial charge in [0.15, 0.2) is 6.61 Å². The second-order valence-corrected chi connectivity index (χ2v) is 7.04. The van der Waals surface area contributed by atoms with Gasteiger partial charge in [-0.05, 0) is 75.2 Å². The van der Waals surface area contributed by atoms with Crippen molar-refractivity contribution in [1.82, 2.24) is 5.16 Å². The van der Waals surface area contributed by atoms with Crippen LogP contribution in [0.2, 0.25) is 0 Å². The Morgan fingerprint density at radius 1 is 1.00 bits per heavy atom. The topological polar surface area (TPSA) is 90.7 Å². The summed E-state index contributed by atoms with van der Waals surface area (Å²) in [5, 5.41) is 6.60. The molecular weight excluding hydrogens is 384 g/mol. The van der Waals surface area contributed by atoms with Gasteiger partial charge in [-0.2, -0.15) is 0 Å². The van der Waals surface area contributed by atoms with Crippen molar-refractivity contribution in [1.29, 1.82) is 0 Å². The Morgan fingerprint density at radius 2 is 1.73 bits per heavy atom. The molecule has 30 heavy (non-hydrogen) atoms. The lowest BCUT2D eigenvalue weighted by Gasteiger charge is -2.09. The molecule has 3 aromatic rings. The van der Waals surface area contributed by atoms with Gasteiger partial charge in [0.25, 0.3) is 5.91 Å². The number of esters is 1. The van der Waals surface area contributed by atoms with Crippen LogP contribution in [0.3, 0.4) is 0 Å². The number of anilines is 1. The first-order valence-corrected chi connectivity index (χ1v) is 9.52. The van der Waals surface area contributed by atoms with Gasteiger partial charge < -0.3 is 19.3 Å². The highest BCUT2D eigenvalue weighted by molar-refractivity contribution is 5.95. The summed E-state index contributed by atoms with van der Waals surface area (Å²) < 4.78 is 15.9. The molecule has 156 valence electrons. The molecule has 1 N–H and O–H groups in total. The fraction of sp³-hybridized carbons (Fsp3) is 0.261. The third-order valence-corrected chi connectivity index (χ3v) is 4.78. The van der Waals surface area contributed by atoms with Gasteiger partial charge in [0, 0.05) is 5.69 Å². The van der Waals surface area contributed by atoms with Crippen molar-refractivity contribution in [3.63, 3.8) is 0 Å². The smallest absolute Gasteiger partial charge is 0.338 e. The molecule has 0 unspecified atom stereocenters. The number of rotatable bonds is 7. The first kappa shape index (κ1) is 21.1. The van der Waals surface area contributed by atoms with Crippen LogP contribution < -0.4 is 10.1 Å². The second kappa shape index (κ2) is 9.26. The molecule has 0 bridgehead atoms. The molecule has 0 radical (unpaired) electrons. The summed E-state index contributed by atoms with van der Waals surface area (Å²) in [6.45, 7) is 7.60. The molecule has 0 atom stereocenters. The fourth-order valence-corrected chi connectivity index (χ4v) is 2.78. The molecule has 0 spiro atoms. The van der Waals surface area contributed by atoms with Crippen LogP contribution in [0.5, 0.6) is 5.75 Å². The average Bonchev–Trinajstić information content (AvgIpc) is 3.05. The zero-order chi connectivity index (χ0) is 21.7. The number of aromatic nitrogens is 1. The predicted molar refractivity (Wildman–Crippen MR) is 112 cm³/mol.